The molecule has 1 fully saturated rings. The van der Waals surface area contributed by atoms with Crippen molar-refractivity contribution in [2.24, 2.45) is 0 Å². The molecule has 224 valence electrons. The molecule has 0 aliphatic carbocycles. The zero-order chi connectivity index (χ0) is 30.0. The van der Waals surface area contributed by atoms with Crippen LogP contribution >= 0.6 is 11.6 Å². The zero-order valence-corrected chi connectivity index (χ0v) is 23.3. The molecule has 0 unspecified atom stereocenters. The zero-order valence-electron chi connectivity index (χ0n) is 22.5. The Morgan fingerprint density at radius 2 is 1.58 bits per heavy atom. The molecular formula is C30H25ClF3N3O6. The van der Waals surface area contributed by atoms with Gasteiger partial charge >= 0.3 is 12.2 Å². The summed E-state index contributed by atoms with van der Waals surface area (Å²) < 4.78 is 69.2. The second-order valence-corrected chi connectivity index (χ2v) is 10.2. The van der Waals surface area contributed by atoms with Gasteiger partial charge in [0, 0.05) is 36.5 Å². The number of carbonyl (C=O) groups is 1. The maximum absolute atomic E-state index is 13.1. The molecule has 0 atom stereocenters. The molecular weight excluding hydrogens is 591 g/mol. The van der Waals surface area contributed by atoms with Crippen LogP contribution in [0.5, 0.6) is 28.7 Å². The van der Waals surface area contributed by atoms with E-state index < -0.39 is 22.8 Å². The molecule has 2 aliphatic rings. The number of amides is 2. The van der Waals surface area contributed by atoms with Crippen LogP contribution in [0.15, 0.2) is 60.8 Å². The Balaban J connectivity index is 1.18. The van der Waals surface area contributed by atoms with Crippen LogP contribution in [0, 0.1) is 0 Å². The number of carbonyl (C=O) groups excluding carboxylic acids is 1. The van der Waals surface area contributed by atoms with Gasteiger partial charge in [0.05, 0.1) is 34.7 Å². The molecule has 4 aromatic rings. The number of nitrogens with zero attached hydrogens (tertiary/aromatic N) is 1. The summed E-state index contributed by atoms with van der Waals surface area (Å²) in [4.78, 5) is 16.9. The van der Waals surface area contributed by atoms with Crippen LogP contribution in [-0.4, -0.2) is 43.5 Å². The molecule has 3 aromatic carbocycles. The number of aromatic nitrogens is 1. The molecule has 9 nitrogen and oxygen atoms in total. The highest BCUT2D eigenvalue weighted by Gasteiger charge is 2.33. The number of ether oxygens (including phenoxy) is 5. The standard InChI is InChI=1S/C30H25ClF3N3O6/c31-22-6-3-18(15-21(22)30(32,33)34)37-29(38)36-17-1-4-19(5-2-17)42-24-7-10-35-23-16-25(43-20-8-11-39-12-9-20)27-28(26(23)24)41-14-13-40-27/h1-7,10,15-16,20H,8-9,11-14H2,(H2,36,37,38). The minimum atomic E-state index is -4.65. The van der Waals surface area contributed by atoms with Crippen molar-refractivity contribution < 1.29 is 41.7 Å². The van der Waals surface area contributed by atoms with E-state index in [-0.39, 0.29) is 11.8 Å². The van der Waals surface area contributed by atoms with Crippen molar-refractivity contribution in [1.29, 1.82) is 0 Å². The van der Waals surface area contributed by atoms with Gasteiger partial charge in [-0.3, -0.25) is 4.98 Å². The smallest absolute Gasteiger partial charge is 0.417 e. The maximum Gasteiger partial charge on any atom is 0.417 e. The van der Waals surface area contributed by atoms with Crippen LogP contribution in [0.3, 0.4) is 0 Å². The molecule has 13 heteroatoms. The van der Waals surface area contributed by atoms with Gasteiger partial charge in [0.2, 0.25) is 5.75 Å². The van der Waals surface area contributed by atoms with Crippen LogP contribution in [0.2, 0.25) is 5.02 Å². The van der Waals surface area contributed by atoms with E-state index in [0.717, 1.165) is 25.0 Å². The summed E-state index contributed by atoms with van der Waals surface area (Å²) in [6.45, 7) is 2.01. The predicted molar refractivity (Wildman–Crippen MR) is 153 cm³/mol. The SMILES string of the molecule is O=C(Nc1ccc(Oc2ccnc3cc(OC4CCOCC4)c4c(c23)OCCO4)cc1)Nc1ccc(Cl)c(C(F)(F)F)c1. The number of fused-ring (bicyclic) bond motifs is 3. The highest BCUT2D eigenvalue weighted by Crippen LogP contribution is 2.49. The fourth-order valence-electron chi connectivity index (χ4n) is 4.77. The quantitative estimate of drug-likeness (QED) is 0.230. The van der Waals surface area contributed by atoms with Gasteiger partial charge in [-0.15, -0.1) is 0 Å². The molecule has 0 bridgehead atoms. The van der Waals surface area contributed by atoms with Gasteiger partial charge < -0.3 is 34.3 Å². The first-order chi connectivity index (χ1) is 20.7. The van der Waals surface area contributed by atoms with Crippen LogP contribution in [0.25, 0.3) is 10.9 Å². The largest absolute Gasteiger partial charge is 0.486 e. The summed E-state index contributed by atoms with van der Waals surface area (Å²) in [5.74, 6) is 2.47. The summed E-state index contributed by atoms with van der Waals surface area (Å²) in [5.41, 5.74) is -0.110. The second-order valence-electron chi connectivity index (χ2n) is 9.76. The van der Waals surface area contributed by atoms with E-state index in [1.807, 2.05) is 6.07 Å². The third-order valence-electron chi connectivity index (χ3n) is 6.77. The summed E-state index contributed by atoms with van der Waals surface area (Å²) in [7, 11) is 0. The monoisotopic (exact) mass is 615 g/mol. The van der Waals surface area contributed by atoms with E-state index in [1.165, 1.54) is 6.07 Å². The minimum absolute atomic E-state index is 0.00184. The van der Waals surface area contributed by atoms with Crippen molar-refractivity contribution in [3.63, 3.8) is 0 Å². The Kier molecular flexibility index (Phi) is 8.04. The summed E-state index contributed by atoms with van der Waals surface area (Å²) in [6, 6.07) is 12.4. The van der Waals surface area contributed by atoms with E-state index in [2.05, 4.69) is 15.6 Å². The summed E-state index contributed by atoms with van der Waals surface area (Å²) >= 11 is 5.64. The number of benzene rings is 3. The number of anilines is 2. The maximum atomic E-state index is 13.1. The van der Waals surface area contributed by atoms with Gasteiger partial charge in [-0.2, -0.15) is 13.2 Å². The van der Waals surface area contributed by atoms with Crippen LogP contribution in [0.1, 0.15) is 18.4 Å². The van der Waals surface area contributed by atoms with E-state index in [9.17, 15) is 18.0 Å². The lowest BCUT2D eigenvalue weighted by atomic mass is 10.1. The average Bonchev–Trinajstić information content (AvgIpc) is 2.99. The average molecular weight is 616 g/mol. The Labute approximate surface area is 248 Å². The molecule has 3 heterocycles. The molecule has 43 heavy (non-hydrogen) atoms. The predicted octanol–water partition coefficient (Wildman–Crippen LogP) is 7.67. The fraction of sp³-hybridized carbons (Fsp3) is 0.267. The number of rotatable bonds is 6. The van der Waals surface area contributed by atoms with Gasteiger partial charge in [-0.25, -0.2) is 4.79 Å². The Morgan fingerprint density at radius 3 is 2.33 bits per heavy atom. The van der Waals surface area contributed by atoms with Gasteiger partial charge in [-0.1, -0.05) is 11.6 Å². The fourth-order valence-corrected chi connectivity index (χ4v) is 4.99. The molecule has 2 amide bonds. The van der Waals surface area contributed by atoms with Crippen LogP contribution < -0.4 is 29.6 Å². The normalized spacial score (nSPS) is 15.2. The number of urea groups is 1. The highest BCUT2D eigenvalue weighted by atomic mass is 35.5. The molecule has 2 aliphatic heterocycles. The van der Waals surface area contributed by atoms with Gasteiger partial charge in [-0.05, 0) is 48.5 Å². The molecule has 1 saturated heterocycles. The lowest BCUT2D eigenvalue weighted by molar-refractivity contribution is -0.137. The first kappa shape index (κ1) is 28.7. The lowest BCUT2D eigenvalue weighted by Crippen LogP contribution is -2.26. The third-order valence-corrected chi connectivity index (χ3v) is 7.10. The first-order valence-electron chi connectivity index (χ1n) is 13.4. The molecule has 0 radical (unpaired) electrons. The third kappa shape index (κ3) is 6.50. The van der Waals surface area contributed by atoms with Gasteiger partial charge in [0.1, 0.15) is 30.8 Å². The number of hydrogen-bond acceptors (Lipinski definition) is 7. The first-order valence-corrected chi connectivity index (χ1v) is 13.8. The Hall–Kier alpha value is -4.42. The van der Waals surface area contributed by atoms with Crippen molar-refractivity contribution in [1.82, 2.24) is 4.98 Å². The van der Waals surface area contributed by atoms with Crippen molar-refractivity contribution in [3.8, 4) is 28.7 Å². The number of pyridine rings is 1. The van der Waals surface area contributed by atoms with Crippen molar-refractivity contribution in [2.75, 3.05) is 37.1 Å². The lowest BCUT2D eigenvalue weighted by Gasteiger charge is -2.27. The Morgan fingerprint density at radius 1 is 0.884 bits per heavy atom. The van der Waals surface area contributed by atoms with Crippen molar-refractivity contribution >= 4 is 39.9 Å². The number of alkyl halides is 3. The highest BCUT2D eigenvalue weighted by molar-refractivity contribution is 6.31. The summed E-state index contributed by atoms with van der Waals surface area (Å²) in [6.07, 6.45) is -1.49. The summed E-state index contributed by atoms with van der Waals surface area (Å²) in [5, 5.41) is 5.12. The van der Waals surface area contributed by atoms with E-state index in [1.54, 1.807) is 36.5 Å². The van der Waals surface area contributed by atoms with Crippen molar-refractivity contribution in [2.45, 2.75) is 25.1 Å². The minimum Gasteiger partial charge on any atom is -0.486 e. The molecule has 1 aromatic heterocycles. The number of halogens is 4. The second kappa shape index (κ2) is 12.1. The molecule has 6 rings (SSSR count). The molecule has 2 N–H and O–H groups in total. The number of nitrogens with one attached hydrogen (secondary N) is 2. The topological polar surface area (TPSA) is 100 Å². The molecule has 0 saturated carbocycles. The molecule has 0 spiro atoms. The van der Waals surface area contributed by atoms with Crippen LogP contribution in [0.4, 0.5) is 29.3 Å². The van der Waals surface area contributed by atoms with Crippen LogP contribution in [-0.2, 0) is 10.9 Å². The Bertz CT molecular complexity index is 1650. The van der Waals surface area contributed by atoms with E-state index in [0.29, 0.717) is 71.8 Å². The van der Waals surface area contributed by atoms with Gasteiger partial charge in [0.25, 0.3) is 0 Å². The van der Waals surface area contributed by atoms with E-state index >= 15 is 0 Å². The van der Waals surface area contributed by atoms with Gasteiger partial charge in [0.15, 0.2) is 11.5 Å². The van der Waals surface area contributed by atoms with Crippen molar-refractivity contribution in [3.05, 3.63) is 71.4 Å². The number of hydrogen-bond donors (Lipinski definition) is 2. The van der Waals surface area contributed by atoms with E-state index in [4.69, 9.17) is 35.3 Å².